The van der Waals surface area contributed by atoms with E-state index in [1.807, 2.05) is 0 Å². The molecule has 35 heavy (non-hydrogen) atoms. The minimum atomic E-state index is 0.312. The molecule has 0 aromatic rings. The topological polar surface area (TPSA) is 21.7 Å². The van der Waals surface area contributed by atoms with Crippen LogP contribution in [0.1, 0.15) is 128 Å². The van der Waals surface area contributed by atoms with Crippen LogP contribution in [-0.2, 0) is 9.47 Å². The quantitative estimate of drug-likeness (QED) is 0.367. The molecule has 200 valence electrons. The van der Waals surface area contributed by atoms with Crippen molar-refractivity contribution in [3.05, 3.63) is 24.3 Å². The van der Waals surface area contributed by atoms with Gasteiger partial charge < -0.3 is 9.47 Å². The lowest BCUT2D eigenvalue weighted by molar-refractivity contribution is -0.0644. The molecule has 4 unspecified atom stereocenters. The van der Waals surface area contributed by atoms with Gasteiger partial charge in [-0.2, -0.15) is 0 Å². The maximum atomic E-state index is 6.68. The number of nitrogens with zero attached hydrogens (tertiary/aromatic N) is 1. The normalized spacial score (nSPS) is 34.4. The summed E-state index contributed by atoms with van der Waals surface area (Å²) in [5.74, 6) is 0.805. The van der Waals surface area contributed by atoms with Crippen LogP contribution in [0.15, 0.2) is 24.3 Å². The van der Waals surface area contributed by atoms with Gasteiger partial charge in [0.15, 0.2) is 0 Å². The summed E-state index contributed by atoms with van der Waals surface area (Å²) < 4.78 is 13.3. The van der Waals surface area contributed by atoms with E-state index in [2.05, 4.69) is 29.2 Å². The molecule has 4 rings (SSSR count). The third-order valence-corrected chi connectivity index (χ3v) is 9.10. The lowest BCUT2D eigenvalue weighted by Crippen LogP contribution is -2.44. The standard InChI is InChI=1S/C32H55NO2/c1-2-4-6-8-18-30(23-22-28-15-10-11-16-28)34-27-29-17-12-13-25-33(29)26-24-32-21-14-20-31(35-32)19-9-7-5-3-1/h1,3,22-23,28-32H,2,4-21,24-27H2. The van der Waals surface area contributed by atoms with Gasteiger partial charge in [0.25, 0.3) is 0 Å². The van der Waals surface area contributed by atoms with Crippen molar-refractivity contribution < 1.29 is 9.47 Å². The van der Waals surface area contributed by atoms with Crippen LogP contribution < -0.4 is 0 Å². The Morgan fingerprint density at radius 1 is 0.571 bits per heavy atom. The fourth-order valence-electron chi connectivity index (χ4n) is 6.81. The van der Waals surface area contributed by atoms with E-state index >= 15 is 0 Å². The van der Waals surface area contributed by atoms with Crippen LogP contribution in [0.3, 0.4) is 0 Å². The highest BCUT2D eigenvalue weighted by molar-refractivity contribution is 4.96. The summed E-state index contributed by atoms with van der Waals surface area (Å²) in [5.41, 5.74) is 0. The highest BCUT2D eigenvalue weighted by Gasteiger charge is 2.27. The van der Waals surface area contributed by atoms with Crippen LogP contribution in [0, 0.1) is 5.92 Å². The second-order valence-corrected chi connectivity index (χ2v) is 12.0. The van der Waals surface area contributed by atoms with E-state index in [0.29, 0.717) is 24.4 Å². The molecule has 0 amide bonds. The van der Waals surface area contributed by atoms with Crippen molar-refractivity contribution in [2.24, 2.45) is 5.92 Å². The molecule has 3 heterocycles. The van der Waals surface area contributed by atoms with E-state index in [1.54, 1.807) is 0 Å². The van der Waals surface area contributed by atoms with E-state index in [1.165, 1.54) is 142 Å². The first kappa shape index (κ1) is 27.4. The zero-order valence-electron chi connectivity index (χ0n) is 22.7. The number of piperidine rings is 1. The van der Waals surface area contributed by atoms with E-state index < -0.39 is 0 Å². The molecular weight excluding hydrogens is 430 g/mol. The number of fused-ring (bicyclic) bond motifs is 3. The Morgan fingerprint density at radius 2 is 1.26 bits per heavy atom. The van der Waals surface area contributed by atoms with Gasteiger partial charge >= 0.3 is 0 Å². The Hall–Kier alpha value is -0.640. The molecule has 0 radical (unpaired) electrons. The van der Waals surface area contributed by atoms with Crippen molar-refractivity contribution in [3.8, 4) is 0 Å². The molecule has 0 aromatic heterocycles. The number of hydrogen-bond acceptors (Lipinski definition) is 3. The Balaban J connectivity index is 1.33. The fourth-order valence-corrected chi connectivity index (χ4v) is 6.81. The second kappa shape index (κ2) is 16.3. The van der Waals surface area contributed by atoms with E-state index in [-0.39, 0.29) is 0 Å². The Kier molecular flexibility index (Phi) is 12.7. The Labute approximate surface area is 217 Å². The third-order valence-electron chi connectivity index (χ3n) is 9.10. The molecule has 0 aromatic carbocycles. The number of rotatable bonds is 2. The van der Waals surface area contributed by atoms with Crippen molar-refractivity contribution in [2.75, 3.05) is 19.7 Å². The summed E-state index contributed by atoms with van der Waals surface area (Å²) >= 11 is 0. The summed E-state index contributed by atoms with van der Waals surface area (Å²) in [6.07, 6.45) is 37.4. The van der Waals surface area contributed by atoms with Gasteiger partial charge in [0, 0.05) is 12.6 Å². The Morgan fingerprint density at radius 3 is 2.11 bits per heavy atom. The van der Waals surface area contributed by atoms with Crippen LogP contribution in [-0.4, -0.2) is 49.0 Å². The molecule has 4 atom stereocenters. The Bertz CT molecular complexity index is 611. The first-order chi connectivity index (χ1) is 17.4. The van der Waals surface area contributed by atoms with Crippen LogP contribution in [0.2, 0.25) is 0 Å². The average Bonchev–Trinajstić information content (AvgIpc) is 3.41. The van der Waals surface area contributed by atoms with Gasteiger partial charge in [-0.1, -0.05) is 62.8 Å². The molecule has 1 saturated carbocycles. The molecule has 3 heteroatoms. The zero-order valence-corrected chi connectivity index (χ0v) is 22.7. The van der Waals surface area contributed by atoms with Crippen molar-refractivity contribution in [2.45, 2.75) is 153 Å². The summed E-state index contributed by atoms with van der Waals surface area (Å²) in [7, 11) is 0. The zero-order chi connectivity index (χ0) is 24.0. The predicted molar refractivity (Wildman–Crippen MR) is 148 cm³/mol. The monoisotopic (exact) mass is 485 g/mol. The summed E-state index contributed by atoms with van der Waals surface area (Å²) in [6.45, 7) is 3.36. The van der Waals surface area contributed by atoms with Crippen LogP contribution in [0.4, 0.5) is 0 Å². The summed E-state index contributed by atoms with van der Waals surface area (Å²) in [4.78, 5) is 2.75. The average molecular weight is 486 g/mol. The molecule has 0 spiro atoms. The van der Waals surface area contributed by atoms with E-state index in [4.69, 9.17) is 9.47 Å². The van der Waals surface area contributed by atoms with Crippen molar-refractivity contribution in [1.29, 1.82) is 0 Å². The van der Waals surface area contributed by atoms with E-state index in [9.17, 15) is 0 Å². The highest BCUT2D eigenvalue weighted by Crippen LogP contribution is 2.28. The van der Waals surface area contributed by atoms with Crippen molar-refractivity contribution >= 4 is 0 Å². The van der Waals surface area contributed by atoms with Gasteiger partial charge in [0.1, 0.15) is 0 Å². The SMILES string of the molecule is C1=CCCCCC2CCCC(CCN3CCCCC3COC(C=CC3CCCC3)CCCCC1)O2. The van der Waals surface area contributed by atoms with Gasteiger partial charge in [-0.3, -0.25) is 4.90 Å². The predicted octanol–water partition coefficient (Wildman–Crippen LogP) is 8.38. The molecule has 0 N–H and O–H groups in total. The van der Waals surface area contributed by atoms with Gasteiger partial charge in [0.2, 0.25) is 0 Å². The van der Waals surface area contributed by atoms with Gasteiger partial charge in [-0.15, -0.1) is 0 Å². The first-order valence-electron chi connectivity index (χ1n) is 15.7. The number of ether oxygens (including phenoxy) is 2. The largest absolute Gasteiger partial charge is 0.375 e. The van der Waals surface area contributed by atoms with Crippen molar-refractivity contribution in [1.82, 2.24) is 4.90 Å². The van der Waals surface area contributed by atoms with Crippen LogP contribution in [0.25, 0.3) is 0 Å². The summed E-state index contributed by atoms with van der Waals surface area (Å²) in [5, 5.41) is 0. The van der Waals surface area contributed by atoms with Crippen LogP contribution in [0.5, 0.6) is 0 Å². The summed E-state index contributed by atoms with van der Waals surface area (Å²) in [6, 6.07) is 0.602. The molecule has 2 bridgehead atoms. The molecular formula is C32H55NO2. The molecule has 3 fully saturated rings. The first-order valence-corrected chi connectivity index (χ1v) is 15.7. The molecule has 3 nitrogen and oxygen atoms in total. The molecule has 4 aliphatic rings. The second-order valence-electron chi connectivity index (χ2n) is 12.0. The van der Waals surface area contributed by atoms with Gasteiger partial charge in [-0.05, 0) is 102 Å². The fraction of sp³-hybridized carbons (Fsp3) is 0.875. The highest BCUT2D eigenvalue weighted by atomic mass is 16.5. The van der Waals surface area contributed by atoms with E-state index in [0.717, 1.165) is 12.5 Å². The maximum absolute atomic E-state index is 6.68. The smallest absolute Gasteiger partial charge is 0.0756 e. The molecule has 3 aliphatic heterocycles. The van der Waals surface area contributed by atoms with Crippen LogP contribution >= 0.6 is 0 Å². The third kappa shape index (κ3) is 10.3. The molecule has 1 aliphatic carbocycles. The molecule has 2 saturated heterocycles. The van der Waals surface area contributed by atoms with Gasteiger partial charge in [0.05, 0.1) is 24.9 Å². The number of hydrogen-bond donors (Lipinski definition) is 0. The number of allylic oxidation sites excluding steroid dienone is 3. The minimum absolute atomic E-state index is 0.312. The van der Waals surface area contributed by atoms with Crippen molar-refractivity contribution in [3.63, 3.8) is 0 Å². The maximum Gasteiger partial charge on any atom is 0.0756 e. The lowest BCUT2D eigenvalue weighted by atomic mass is 9.97. The van der Waals surface area contributed by atoms with Gasteiger partial charge in [-0.25, -0.2) is 0 Å². The lowest BCUT2D eigenvalue weighted by Gasteiger charge is -2.38. The minimum Gasteiger partial charge on any atom is -0.375 e.